The normalized spacial score (nSPS) is 10.9. The third-order valence-corrected chi connectivity index (χ3v) is 3.43. The number of benzene rings is 2. The molecule has 1 aromatic heterocycles. The van der Waals surface area contributed by atoms with Crippen LogP contribution in [0.4, 0.5) is 5.69 Å². The molecule has 5 nitrogen and oxygen atoms in total. The van der Waals surface area contributed by atoms with Gasteiger partial charge in [0.05, 0.1) is 21.8 Å². The van der Waals surface area contributed by atoms with Crippen LogP contribution in [0.1, 0.15) is 5.69 Å². The van der Waals surface area contributed by atoms with Crippen LogP contribution in [0.3, 0.4) is 0 Å². The van der Waals surface area contributed by atoms with Crippen LogP contribution in [-0.4, -0.2) is 14.7 Å². The van der Waals surface area contributed by atoms with Crippen molar-refractivity contribution in [2.24, 2.45) is 0 Å². The van der Waals surface area contributed by atoms with Crippen molar-refractivity contribution in [2.45, 2.75) is 6.92 Å². The molecular formula is C14H10ClN3O2. The second kappa shape index (κ2) is 4.61. The molecule has 20 heavy (non-hydrogen) atoms. The Morgan fingerprint density at radius 1 is 1.25 bits per heavy atom. The largest absolute Gasteiger partial charge is 0.288 e. The summed E-state index contributed by atoms with van der Waals surface area (Å²) in [5.41, 5.74) is 2.26. The van der Waals surface area contributed by atoms with Gasteiger partial charge in [-0.2, -0.15) is 5.10 Å². The van der Waals surface area contributed by atoms with E-state index in [1.807, 2.05) is 37.3 Å². The second-order valence-corrected chi connectivity index (χ2v) is 4.82. The van der Waals surface area contributed by atoms with Crippen LogP contribution in [0.2, 0.25) is 5.02 Å². The third kappa shape index (κ3) is 1.92. The highest BCUT2D eigenvalue weighted by Gasteiger charge is 2.18. The van der Waals surface area contributed by atoms with Crippen LogP contribution in [0.5, 0.6) is 0 Å². The Morgan fingerprint density at radius 3 is 2.60 bits per heavy atom. The molecule has 3 aromatic rings. The van der Waals surface area contributed by atoms with E-state index in [1.54, 1.807) is 10.7 Å². The van der Waals surface area contributed by atoms with Crippen molar-refractivity contribution in [3.63, 3.8) is 0 Å². The van der Waals surface area contributed by atoms with E-state index in [4.69, 9.17) is 11.6 Å². The first-order valence-electron chi connectivity index (χ1n) is 5.96. The van der Waals surface area contributed by atoms with Gasteiger partial charge in [0.2, 0.25) is 0 Å². The molecule has 2 aromatic carbocycles. The minimum atomic E-state index is -0.485. The van der Waals surface area contributed by atoms with Gasteiger partial charge in [-0.15, -0.1) is 0 Å². The van der Waals surface area contributed by atoms with Gasteiger partial charge >= 0.3 is 0 Å². The molecule has 0 fully saturated rings. The fraction of sp³-hybridized carbons (Fsp3) is 0.0714. The van der Waals surface area contributed by atoms with E-state index < -0.39 is 4.92 Å². The number of fused-ring (bicyclic) bond motifs is 1. The molecule has 1 heterocycles. The maximum Gasteiger partial charge on any atom is 0.288 e. The summed E-state index contributed by atoms with van der Waals surface area (Å²) in [6, 6.07) is 12.6. The standard InChI is InChI=1S/C14H10ClN3O2/c1-9-11-7-14(18(19)20)12(15)8-13(11)17(16-9)10-5-3-2-4-6-10/h2-8H,1H3. The number of aromatic nitrogens is 2. The molecule has 0 radical (unpaired) electrons. The zero-order chi connectivity index (χ0) is 14.3. The van der Waals surface area contributed by atoms with Crippen LogP contribution in [-0.2, 0) is 0 Å². The van der Waals surface area contributed by atoms with Gasteiger partial charge in [-0.3, -0.25) is 10.1 Å². The van der Waals surface area contributed by atoms with Gasteiger partial charge in [-0.25, -0.2) is 4.68 Å². The Bertz CT molecular complexity index is 812. The van der Waals surface area contributed by atoms with Gasteiger partial charge < -0.3 is 0 Å². The predicted molar refractivity (Wildman–Crippen MR) is 77.5 cm³/mol. The van der Waals surface area contributed by atoms with Crippen molar-refractivity contribution in [1.29, 1.82) is 0 Å². The molecular weight excluding hydrogens is 278 g/mol. The van der Waals surface area contributed by atoms with Gasteiger partial charge in [0, 0.05) is 11.5 Å². The first-order chi connectivity index (χ1) is 9.58. The minimum Gasteiger partial charge on any atom is -0.258 e. The summed E-state index contributed by atoms with van der Waals surface area (Å²) in [4.78, 5) is 10.5. The first kappa shape index (κ1) is 12.6. The van der Waals surface area contributed by atoms with E-state index in [1.165, 1.54) is 6.07 Å². The van der Waals surface area contributed by atoms with Crippen molar-refractivity contribution in [2.75, 3.05) is 0 Å². The molecule has 0 amide bonds. The molecule has 0 atom stereocenters. The molecule has 0 aliphatic heterocycles. The van der Waals surface area contributed by atoms with Gasteiger partial charge in [0.15, 0.2) is 0 Å². The molecule has 0 aliphatic carbocycles. The van der Waals surface area contributed by atoms with Gasteiger partial charge in [-0.05, 0) is 25.1 Å². The Kier molecular flexibility index (Phi) is 2.91. The van der Waals surface area contributed by atoms with Gasteiger partial charge in [-0.1, -0.05) is 29.8 Å². The fourth-order valence-corrected chi connectivity index (χ4v) is 2.41. The van der Waals surface area contributed by atoms with Crippen molar-refractivity contribution < 1.29 is 4.92 Å². The maximum atomic E-state index is 10.9. The smallest absolute Gasteiger partial charge is 0.258 e. The lowest BCUT2D eigenvalue weighted by atomic mass is 10.2. The van der Waals surface area contributed by atoms with Gasteiger partial charge in [0.25, 0.3) is 5.69 Å². The highest BCUT2D eigenvalue weighted by Crippen LogP contribution is 2.32. The van der Waals surface area contributed by atoms with Gasteiger partial charge in [0.1, 0.15) is 5.02 Å². The van der Waals surface area contributed by atoms with Crippen molar-refractivity contribution in [3.8, 4) is 5.69 Å². The number of nitro benzene ring substituents is 1. The monoisotopic (exact) mass is 287 g/mol. The molecule has 3 rings (SSSR count). The average Bonchev–Trinajstić information content (AvgIpc) is 2.75. The second-order valence-electron chi connectivity index (χ2n) is 4.41. The number of rotatable bonds is 2. The number of para-hydroxylation sites is 1. The molecule has 0 N–H and O–H groups in total. The fourth-order valence-electron chi connectivity index (χ4n) is 2.18. The van der Waals surface area contributed by atoms with Crippen LogP contribution < -0.4 is 0 Å². The number of hydrogen-bond donors (Lipinski definition) is 0. The Hall–Kier alpha value is -2.40. The van der Waals surface area contributed by atoms with Crippen LogP contribution in [0, 0.1) is 17.0 Å². The van der Waals surface area contributed by atoms with E-state index in [9.17, 15) is 10.1 Å². The molecule has 0 saturated heterocycles. The van der Waals surface area contributed by atoms with E-state index in [0.29, 0.717) is 0 Å². The summed E-state index contributed by atoms with van der Waals surface area (Å²) in [5, 5.41) is 16.2. The quantitative estimate of drug-likeness (QED) is 0.530. The first-order valence-corrected chi connectivity index (χ1v) is 6.34. The molecule has 0 bridgehead atoms. The summed E-state index contributed by atoms with van der Waals surface area (Å²) in [6.07, 6.45) is 0. The summed E-state index contributed by atoms with van der Waals surface area (Å²) in [6.45, 7) is 1.82. The van der Waals surface area contributed by atoms with Crippen molar-refractivity contribution >= 4 is 28.2 Å². The Labute approximate surface area is 119 Å². The lowest BCUT2D eigenvalue weighted by molar-refractivity contribution is -0.384. The lowest BCUT2D eigenvalue weighted by Crippen LogP contribution is -1.96. The third-order valence-electron chi connectivity index (χ3n) is 3.13. The summed E-state index contributed by atoms with van der Waals surface area (Å²) in [7, 11) is 0. The molecule has 100 valence electrons. The Morgan fingerprint density at radius 2 is 1.95 bits per heavy atom. The van der Waals surface area contributed by atoms with Crippen molar-refractivity contribution in [3.05, 3.63) is 63.3 Å². The number of halogens is 1. The number of nitrogens with zero attached hydrogens (tertiary/aromatic N) is 3. The van der Waals surface area contributed by atoms with Crippen LogP contribution in [0.25, 0.3) is 16.6 Å². The van der Waals surface area contributed by atoms with E-state index in [0.717, 1.165) is 22.3 Å². The lowest BCUT2D eigenvalue weighted by Gasteiger charge is -2.03. The zero-order valence-electron chi connectivity index (χ0n) is 10.6. The molecule has 6 heteroatoms. The highest BCUT2D eigenvalue weighted by molar-refractivity contribution is 6.33. The number of hydrogen-bond acceptors (Lipinski definition) is 3. The zero-order valence-corrected chi connectivity index (χ0v) is 11.3. The molecule has 0 spiro atoms. The SMILES string of the molecule is Cc1nn(-c2ccccc2)c2cc(Cl)c([N+](=O)[O-])cc12. The summed E-state index contributed by atoms with van der Waals surface area (Å²) < 4.78 is 1.74. The molecule has 0 aliphatic rings. The topological polar surface area (TPSA) is 61.0 Å². The van der Waals surface area contributed by atoms with E-state index >= 15 is 0 Å². The Balaban J connectivity index is 2.32. The average molecular weight is 288 g/mol. The number of nitro groups is 1. The molecule has 0 unspecified atom stereocenters. The number of aryl methyl sites for hydroxylation is 1. The van der Waals surface area contributed by atoms with E-state index in [2.05, 4.69) is 5.10 Å². The summed E-state index contributed by atoms with van der Waals surface area (Å²) in [5.74, 6) is 0. The van der Waals surface area contributed by atoms with Crippen molar-refractivity contribution in [1.82, 2.24) is 9.78 Å². The minimum absolute atomic E-state index is 0.102. The highest BCUT2D eigenvalue weighted by atomic mass is 35.5. The molecule has 0 saturated carbocycles. The maximum absolute atomic E-state index is 10.9. The van der Waals surface area contributed by atoms with Crippen LogP contribution in [0.15, 0.2) is 42.5 Å². The van der Waals surface area contributed by atoms with Crippen LogP contribution >= 0.6 is 11.6 Å². The summed E-state index contributed by atoms with van der Waals surface area (Å²) >= 11 is 5.98. The van der Waals surface area contributed by atoms with E-state index in [-0.39, 0.29) is 10.7 Å². The predicted octanol–water partition coefficient (Wildman–Crippen LogP) is 3.90.